The SMILES string of the molecule is CC(C(=O)O)(C(=O)O)C1C=CCCC1.COc1ccc(OC)c(C(=O)O)c1. The maximum atomic E-state index is 10.9. The molecule has 0 aromatic heterocycles. The third-order valence-corrected chi connectivity index (χ3v) is 4.52. The normalized spacial score (nSPS) is 15.9. The third kappa shape index (κ3) is 5.22. The van der Waals surface area contributed by atoms with Gasteiger partial charge in [0.25, 0.3) is 0 Å². The number of hydrogen-bond donors (Lipinski definition) is 3. The number of carboxylic acid groups (broad SMARTS) is 3. The van der Waals surface area contributed by atoms with E-state index in [1.165, 1.54) is 27.2 Å². The summed E-state index contributed by atoms with van der Waals surface area (Å²) in [5.74, 6) is -3.13. The summed E-state index contributed by atoms with van der Waals surface area (Å²) in [6.07, 6.45) is 5.97. The highest BCUT2D eigenvalue weighted by Gasteiger charge is 2.47. The largest absolute Gasteiger partial charge is 0.497 e. The first-order valence-electron chi connectivity index (χ1n) is 8.27. The van der Waals surface area contributed by atoms with E-state index < -0.39 is 29.2 Å². The highest BCUT2D eigenvalue weighted by molar-refractivity contribution is 5.98. The molecule has 2 rings (SSSR count). The van der Waals surface area contributed by atoms with E-state index in [1.807, 2.05) is 6.08 Å². The van der Waals surface area contributed by atoms with Crippen molar-refractivity contribution in [1.29, 1.82) is 0 Å². The Morgan fingerprint density at radius 2 is 1.70 bits per heavy atom. The molecule has 0 spiro atoms. The van der Waals surface area contributed by atoms with Crippen molar-refractivity contribution >= 4 is 17.9 Å². The summed E-state index contributed by atoms with van der Waals surface area (Å²) in [7, 11) is 2.90. The van der Waals surface area contributed by atoms with Gasteiger partial charge in [0, 0.05) is 5.92 Å². The van der Waals surface area contributed by atoms with Gasteiger partial charge in [0.15, 0.2) is 5.41 Å². The summed E-state index contributed by atoms with van der Waals surface area (Å²) in [6.45, 7) is 1.28. The van der Waals surface area contributed by atoms with Crippen molar-refractivity contribution < 1.29 is 39.2 Å². The van der Waals surface area contributed by atoms with Crippen molar-refractivity contribution in [3.63, 3.8) is 0 Å². The highest BCUT2D eigenvalue weighted by atomic mass is 16.5. The smallest absolute Gasteiger partial charge is 0.339 e. The first kappa shape index (κ1) is 22.0. The van der Waals surface area contributed by atoms with Crippen molar-refractivity contribution in [1.82, 2.24) is 0 Å². The van der Waals surface area contributed by atoms with Crippen LogP contribution < -0.4 is 9.47 Å². The number of rotatable bonds is 6. The molecule has 8 heteroatoms. The topological polar surface area (TPSA) is 130 Å². The summed E-state index contributed by atoms with van der Waals surface area (Å²) >= 11 is 0. The summed E-state index contributed by atoms with van der Waals surface area (Å²) in [5.41, 5.74) is -1.58. The van der Waals surface area contributed by atoms with Gasteiger partial charge in [0.1, 0.15) is 17.1 Å². The van der Waals surface area contributed by atoms with E-state index in [9.17, 15) is 14.4 Å². The minimum Gasteiger partial charge on any atom is -0.497 e. The lowest BCUT2D eigenvalue weighted by atomic mass is 9.73. The number of hydrogen-bond acceptors (Lipinski definition) is 5. The number of carboxylic acids is 3. The van der Waals surface area contributed by atoms with Crippen LogP contribution in [-0.4, -0.2) is 47.4 Å². The molecule has 1 aromatic carbocycles. The summed E-state index contributed by atoms with van der Waals surface area (Å²) in [6, 6.07) is 4.62. The molecule has 148 valence electrons. The minimum absolute atomic E-state index is 0.0989. The standard InChI is InChI=1S/C10H14O4.C9H10O4/c1-10(8(11)12,9(13)14)7-5-3-2-4-6-7;1-12-6-3-4-8(13-2)7(5-6)9(10)11/h3,5,7H,2,4,6H2,1H3,(H,11,12)(H,13,14);3-5H,1-2H3,(H,10,11). The average Bonchev–Trinajstić information content (AvgIpc) is 2.67. The van der Waals surface area contributed by atoms with Gasteiger partial charge in [-0.2, -0.15) is 0 Å². The zero-order chi connectivity index (χ0) is 20.6. The summed E-state index contributed by atoms with van der Waals surface area (Å²) in [4.78, 5) is 32.6. The predicted molar refractivity (Wildman–Crippen MR) is 96.4 cm³/mol. The molecule has 0 radical (unpaired) electrons. The van der Waals surface area contributed by atoms with Gasteiger partial charge in [-0.1, -0.05) is 12.2 Å². The number of aliphatic carboxylic acids is 2. The van der Waals surface area contributed by atoms with Crippen molar-refractivity contribution in [2.24, 2.45) is 11.3 Å². The third-order valence-electron chi connectivity index (χ3n) is 4.52. The molecule has 0 amide bonds. The van der Waals surface area contributed by atoms with Gasteiger partial charge in [-0.3, -0.25) is 9.59 Å². The number of aromatic carboxylic acids is 1. The molecule has 1 aliphatic rings. The fourth-order valence-electron chi connectivity index (χ4n) is 2.68. The lowest BCUT2D eigenvalue weighted by Crippen LogP contribution is -2.42. The quantitative estimate of drug-likeness (QED) is 0.507. The number of carbonyl (C=O) groups is 3. The number of ether oxygens (including phenoxy) is 2. The maximum Gasteiger partial charge on any atom is 0.339 e. The lowest BCUT2D eigenvalue weighted by molar-refractivity contribution is -0.166. The molecule has 3 N–H and O–H groups in total. The molecular formula is C19H24O8. The Labute approximate surface area is 157 Å². The zero-order valence-electron chi connectivity index (χ0n) is 15.5. The summed E-state index contributed by atoms with van der Waals surface area (Å²) < 4.78 is 9.76. The molecule has 0 fully saturated rings. The molecule has 1 atom stereocenters. The van der Waals surface area contributed by atoms with E-state index in [-0.39, 0.29) is 5.56 Å². The van der Waals surface area contributed by atoms with Gasteiger partial charge in [-0.05, 0) is 44.4 Å². The molecule has 8 nitrogen and oxygen atoms in total. The second-order valence-electron chi connectivity index (χ2n) is 6.15. The molecule has 0 aliphatic heterocycles. The highest BCUT2D eigenvalue weighted by Crippen LogP contribution is 2.35. The molecule has 0 heterocycles. The fourth-order valence-corrected chi connectivity index (χ4v) is 2.68. The molecular weight excluding hydrogens is 356 g/mol. The van der Waals surface area contributed by atoms with E-state index >= 15 is 0 Å². The van der Waals surface area contributed by atoms with E-state index in [0.717, 1.165) is 12.8 Å². The monoisotopic (exact) mass is 380 g/mol. The Kier molecular flexibility index (Phi) is 7.83. The van der Waals surface area contributed by atoms with Gasteiger partial charge >= 0.3 is 17.9 Å². The van der Waals surface area contributed by atoms with Crippen molar-refractivity contribution in [2.45, 2.75) is 26.2 Å². The minimum atomic E-state index is -1.68. The lowest BCUT2D eigenvalue weighted by Gasteiger charge is -2.29. The maximum absolute atomic E-state index is 10.9. The van der Waals surface area contributed by atoms with Crippen LogP contribution in [0.4, 0.5) is 0 Å². The van der Waals surface area contributed by atoms with Crippen LogP contribution in [-0.2, 0) is 9.59 Å². The Balaban J connectivity index is 0.000000271. The first-order valence-corrected chi connectivity index (χ1v) is 8.27. The van der Waals surface area contributed by atoms with Crippen LogP contribution in [0.25, 0.3) is 0 Å². The Bertz CT molecular complexity index is 708. The van der Waals surface area contributed by atoms with Crippen LogP contribution in [0.15, 0.2) is 30.4 Å². The zero-order valence-corrected chi connectivity index (χ0v) is 15.5. The van der Waals surface area contributed by atoms with Crippen LogP contribution >= 0.6 is 0 Å². The molecule has 27 heavy (non-hydrogen) atoms. The second-order valence-corrected chi connectivity index (χ2v) is 6.15. The van der Waals surface area contributed by atoms with Gasteiger partial charge in [-0.25, -0.2) is 4.79 Å². The van der Waals surface area contributed by atoms with Gasteiger partial charge in [0.05, 0.1) is 14.2 Å². The average molecular weight is 380 g/mol. The second kappa shape index (κ2) is 9.61. The Morgan fingerprint density at radius 1 is 1.07 bits per heavy atom. The van der Waals surface area contributed by atoms with Crippen molar-refractivity contribution in [3.8, 4) is 11.5 Å². The van der Waals surface area contributed by atoms with Crippen LogP contribution in [0.3, 0.4) is 0 Å². The van der Waals surface area contributed by atoms with Crippen LogP contribution in [0.1, 0.15) is 36.5 Å². The fraction of sp³-hybridized carbons (Fsp3) is 0.421. The van der Waals surface area contributed by atoms with Gasteiger partial charge < -0.3 is 24.8 Å². The van der Waals surface area contributed by atoms with E-state index in [2.05, 4.69) is 0 Å². The van der Waals surface area contributed by atoms with E-state index in [0.29, 0.717) is 17.9 Å². The Morgan fingerprint density at radius 3 is 2.11 bits per heavy atom. The molecule has 1 aliphatic carbocycles. The molecule has 0 bridgehead atoms. The molecule has 1 unspecified atom stereocenters. The van der Waals surface area contributed by atoms with Gasteiger partial charge in [0.2, 0.25) is 0 Å². The van der Waals surface area contributed by atoms with Crippen molar-refractivity contribution in [2.75, 3.05) is 14.2 Å². The van der Waals surface area contributed by atoms with Crippen molar-refractivity contribution in [3.05, 3.63) is 35.9 Å². The van der Waals surface area contributed by atoms with E-state index in [1.54, 1.807) is 18.2 Å². The predicted octanol–water partition coefficient (Wildman–Crippen LogP) is 2.92. The Hall–Kier alpha value is -3.03. The summed E-state index contributed by atoms with van der Waals surface area (Å²) in [5, 5.41) is 26.7. The molecule has 0 saturated heterocycles. The van der Waals surface area contributed by atoms with Crippen LogP contribution in [0.5, 0.6) is 11.5 Å². The van der Waals surface area contributed by atoms with Gasteiger partial charge in [-0.15, -0.1) is 0 Å². The number of benzene rings is 1. The van der Waals surface area contributed by atoms with E-state index in [4.69, 9.17) is 24.8 Å². The number of methoxy groups -OCH3 is 2. The first-order chi connectivity index (χ1) is 12.7. The van der Waals surface area contributed by atoms with Crippen LogP contribution in [0.2, 0.25) is 0 Å². The molecule has 0 saturated carbocycles. The molecule has 1 aromatic rings. The number of allylic oxidation sites excluding steroid dienone is 2. The van der Waals surface area contributed by atoms with Crippen LogP contribution in [0, 0.1) is 11.3 Å².